The Morgan fingerprint density at radius 1 is 1.08 bits per heavy atom. The van der Waals surface area contributed by atoms with E-state index in [4.69, 9.17) is 0 Å². The summed E-state index contributed by atoms with van der Waals surface area (Å²) >= 11 is 5.45. The quantitative estimate of drug-likeness (QED) is 0.645. The fourth-order valence-corrected chi connectivity index (χ4v) is 3.14. The minimum absolute atomic E-state index is 1.21. The maximum absolute atomic E-state index is 3.56. The van der Waals surface area contributed by atoms with Gasteiger partial charge in [-0.15, -0.1) is 11.3 Å². The monoisotopic (exact) mass is 254 g/mol. The zero-order chi connectivity index (χ0) is 9.59. The normalized spacial score (nSPS) is 11.1. The molecule has 0 atom stereocenters. The largest absolute Gasteiger partial charge is 0.140 e. The third-order valence-electron chi connectivity index (χ3n) is 2.53. The van der Waals surface area contributed by atoms with Gasteiger partial charge in [0.2, 0.25) is 0 Å². The highest BCUT2D eigenvalue weighted by Crippen LogP contribution is 2.35. The van der Waals surface area contributed by atoms with Gasteiger partial charge in [-0.2, -0.15) is 0 Å². The molecule has 0 fully saturated rings. The number of hydrogen-bond donors (Lipinski definition) is 0. The van der Waals surface area contributed by atoms with Crippen LogP contribution in [-0.2, 0) is 0 Å². The van der Waals surface area contributed by atoms with Crippen LogP contribution >= 0.6 is 27.3 Å². The molecule has 1 aromatic carbocycles. The van der Waals surface area contributed by atoms with Crippen LogP contribution < -0.4 is 0 Å². The zero-order valence-electron chi connectivity index (χ0n) is 7.94. The predicted molar refractivity (Wildman–Crippen MR) is 63.7 cm³/mol. The molecule has 1 heterocycles. The topological polar surface area (TPSA) is 0 Å². The maximum Gasteiger partial charge on any atom is 0.0388 e. The van der Waals surface area contributed by atoms with Crippen molar-refractivity contribution in [2.45, 2.75) is 20.8 Å². The van der Waals surface area contributed by atoms with Gasteiger partial charge in [0, 0.05) is 14.0 Å². The molecule has 68 valence electrons. The van der Waals surface area contributed by atoms with Crippen molar-refractivity contribution < 1.29 is 0 Å². The number of hydrogen-bond acceptors (Lipinski definition) is 1. The Kier molecular flexibility index (Phi) is 2.20. The zero-order valence-corrected chi connectivity index (χ0v) is 10.3. The van der Waals surface area contributed by atoms with Crippen LogP contribution in [0.25, 0.3) is 10.1 Å². The first-order valence-electron chi connectivity index (χ1n) is 4.26. The third kappa shape index (κ3) is 1.32. The Hall–Kier alpha value is -0.340. The predicted octanol–water partition coefficient (Wildman–Crippen LogP) is 4.59. The average molecular weight is 255 g/mol. The van der Waals surface area contributed by atoms with E-state index >= 15 is 0 Å². The van der Waals surface area contributed by atoms with Crippen LogP contribution in [0.4, 0.5) is 0 Å². The molecule has 1 aromatic heterocycles. The second kappa shape index (κ2) is 3.10. The summed E-state index contributed by atoms with van der Waals surface area (Å²) in [6.45, 7) is 6.55. The fourth-order valence-electron chi connectivity index (χ4n) is 1.51. The first-order valence-corrected chi connectivity index (χ1v) is 5.87. The van der Waals surface area contributed by atoms with Crippen molar-refractivity contribution in [2.75, 3.05) is 0 Å². The summed E-state index contributed by atoms with van der Waals surface area (Å²) in [5, 5.41) is 1.41. The lowest BCUT2D eigenvalue weighted by Crippen LogP contribution is -1.76. The molecular formula is C11H11BrS. The molecule has 0 unspecified atom stereocenters. The van der Waals surface area contributed by atoms with Crippen molar-refractivity contribution in [3.05, 3.63) is 32.6 Å². The van der Waals surface area contributed by atoms with E-state index < -0.39 is 0 Å². The Balaban J connectivity index is 2.94. The molecule has 0 aliphatic carbocycles. The van der Waals surface area contributed by atoms with E-state index in [2.05, 4.69) is 48.8 Å². The molecule has 0 nitrogen and oxygen atoms in total. The second-order valence-corrected chi connectivity index (χ2v) is 5.41. The van der Waals surface area contributed by atoms with Crippen molar-refractivity contribution in [2.24, 2.45) is 0 Å². The molecule has 0 amide bonds. The van der Waals surface area contributed by atoms with E-state index in [0.717, 1.165) is 0 Å². The van der Waals surface area contributed by atoms with Gasteiger partial charge in [-0.3, -0.25) is 0 Å². The fraction of sp³-hybridized carbons (Fsp3) is 0.273. The number of aryl methyl sites for hydroxylation is 3. The third-order valence-corrected chi connectivity index (χ3v) is 4.73. The van der Waals surface area contributed by atoms with Crippen LogP contribution in [0.3, 0.4) is 0 Å². The second-order valence-electron chi connectivity index (χ2n) is 3.33. The number of rotatable bonds is 0. The van der Waals surface area contributed by atoms with Crippen LogP contribution in [0.15, 0.2) is 16.6 Å². The van der Waals surface area contributed by atoms with Crippen molar-refractivity contribution >= 4 is 37.4 Å². The van der Waals surface area contributed by atoms with Gasteiger partial charge in [0.05, 0.1) is 0 Å². The lowest BCUT2D eigenvalue weighted by atomic mass is 10.1. The molecule has 0 aliphatic rings. The standard InChI is InChI=1S/C11H11BrS/c1-6-8(3)13-11-7(2)10(12)5-4-9(6)11/h4-5H,1-3H3. The molecular weight excluding hydrogens is 244 g/mol. The molecule has 13 heavy (non-hydrogen) atoms. The van der Waals surface area contributed by atoms with Crippen molar-refractivity contribution in [3.63, 3.8) is 0 Å². The van der Waals surface area contributed by atoms with Crippen LogP contribution in [0.2, 0.25) is 0 Å². The average Bonchev–Trinajstić information content (AvgIpc) is 2.38. The summed E-state index contributed by atoms with van der Waals surface area (Å²) < 4.78 is 2.63. The number of benzene rings is 1. The Morgan fingerprint density at radius 2 is 1.77 bits per heavy atom. The van der Waals surface area contributed by atoms with Gasteiger partial charge in [-0.25, -0.2) is 0 Å². The van der Waals surface area contributed by atoms with Gasteiger partial charge in [0.25, 0.3) is 0 Å². The lowest BCUT2D eigenvalue weighted by molar-refractivity contribution is 1.46. The summed E-state index contributed by atoms with van der Waals surface area (Å²) in [5.41, 5.74) is 2.79. The number of thiophene rings is 1. The Labute approximate surface area is 90.7 Å². The van der Waals surface area contributed by atoms with E-state index in [1.165, 1.54) is 30.6 Å². The van der Waals surface area contributed by atoms with E-state index in [1.807, 2.05) is 11.3 Å². The smallest absolute Gasteiger partial charge is 0.0388 e. The van der Waals surface area contributed by atoms with Gasteiger partial charge in [-0.1, -0.05) is 22.0 Å². The Morgan fingerprint density at radius 3 is 2.46 bits per heavy atom. The molecule has 2 heteroatoms. The first-order chi connectivity index (χ1) is 6.11. The molecule has 0 saturated carbocycles. The van der Waals surface area contributed by atoms with Crippen LogP contribution in [0.1, 0.15) is 16.0 Å². The maximum atomic E-state index is 3.56. The first kappa shape index (κ1) is 9.22. The summed E-state index contributed by atoms with van der Waals surface area (Å²) in [6.07, 6.45) is 0. The minimum atomic E-state index is 1.21. The molecule has 0 N–H and O–H groups in total. The van der Waals surface area contributed by atoms with Gasteiger partial charge >= 0.3 is 0 Å². The lowest BCUT2D eigenvalue weighted by Gasteiger charge is -1.98. The number of fused-ring (bicyclic) bond motifs is 1. The highest BCUT2D eigenvalue weighted by Gasteiger charge is 2.08. The van der Waals surface area contributed by atoms with Crippen molar-refractivity contribution in [3.8, 4) is 0 Å². The molecule has 0 spiro atoms. The molecule has 0 saturated heterocycles. The number of halogens is 1. The molecule has 0 aliphatic heterocycles. The Bertz CT molecular complexity index is 468. The molecule has 0 bridgehead atoms. The summed E-state index contributed by atoms with van der Waals surface area (Å²) in [7, 11) is 0. The van der Waals surface area contributed by atoms with E-state index in [-0.39, 0.29) is 0 Å². The van der Waals surface area contributed by atoms with Gasteiger partial charge in [-0.05, 0) is 43.4 Å². The molecule has 0 radical (unpaired) electrons. The van der Waals surface area contributed by atoms with E-state index in [9.17, 15) is 0 Å². The molecule has 2 rings (SSSR count). The van der Waals surface area contributed by atoms with Gasteiger partial charge < -0.3 is 0 Å². The van der Waals surface area contributed by atoms with E-state index in [1.54, 1.807) is 0 Å². The highest BCUT2D eigenvalue weighted by atomic mass is 79.9. The van der Waals surface area contributed by atoms with Crippen LogP contribution in [-0.4, -0.2) is 0 Å². The summed E-state index contributed by atoms with van der Waals surface area (Å²) in [4.78, 5) is 1.43. The molecule has 2 aromatic rings. The summed E-state index contributed by atoms with van der Waals surface area (Å²) in [6, 6.07) is 4.34. The van der Waals surface area contributed by atoms with E-state index in [0.29, 0.717) is 0 Å². The van der Waals surface area contributed by atoms with Gasteiger partial charge in [0.1, 0.15) is 0 Å². The van der Waals surface area contributed by atoms with Crippen molar-refractivity contribution in [1.29, 1.82) is 0 Å². The van der Waals surface area contributed by atoms with Crippen molar-refractivity contribution in [1.82, 2.24) is 0 Å². The SMILES string of the molecule is Cc1sc2c(C)c(Br)ccc2c1C. The highest BCUT2D eigenvalue weighted by molar-refractivity contribution is 9.10. The summed E-state index contributed by atoms with van der Waals surface area (Å²) in [5.74, 6) is 0. The van der Waals surface area contributed by atoms with Gasteiger partial charge in [0.15, 0.2) is 0 Å². The van der Waals surface area contributed by atoms with Crippen LogP contribution in [0, 0.1) is 20.8 Å². The minimum Gasteiger partial charge on any atom is -0.140 e. The van der Waals surface area contributed by atoms with Crippen LogP contribution in [0.5, 0.6) is 0 Å².